The normalized spacial score (nSPS) is 13.2. The van der Waals surface area contributed by atoms with Crippen molar-refractivity contribution < 1.29 is 9.53 Å². The smallest absolute Gasteiger partial charge is 0.158 e. The summed E-state index contributed by atoms with van der Waals surface area (Å²) in [4.78, 5) is 11.8. The van der Waals surface area contributed by atoms with Gasteiger partial charge in [0.15, 0.2) is 5.78 Å². The second-order valence-corrected chi connectivity index (χ2v) is 4.84. The molecule has 0 aliphatic carbocycles. The third-order valence-electron chi connectivity index (χ3n) is 2.25. The van der Waals surface area contributed by atoms with Gasteiger partial charge in [0.25, 0.3) is 0 Å². The fourth-order valence-electron chi connectivity index (χ4n) is 1.33. The summed E-state index contributed by atoms with van der Waals surface area (Å²) in [6.07, 6.45) is 0. The first-order valence-electron chi connectivity index (χ1n) is 5.39. The third-order valence-corrected chi connectivity index (χ3v) is 2.25. The Morgan fingerprint density at radius 1 is 1.31 bits per heavy atom. The molecule has 3 nitrogen and oxygen atoms in total. The van der Waals surface area contributed by atoms with Crippen molar-refractivity contribution in [2.45, 2.75) is 26.8 Å². The molecule has 16 heavy (non-hydrogen) atoms. The number of para-hydroxylation sites is 1. The lowest BCUT2D eigenvalue weighted by Crippen LogP contribution is -2.42. The van der Waals surface area contributed by atoms with E-state index < -0.39 is 11.5 Å². The monoisotopic (exact) mass is 221 g/mol. The minimum Gasteiger partial charge on any atom is -0.492 e. The molecular formula is C13H19NO2. The molecule has 0 heterocycles. The second kappa shape index (κ2) is 5.12. The third kappa shape index (κ3) is 3.66. The number of ketones is 1. The minimum atomic E-state index is -0.569. The van der Waals surface area contributed by atoms with Crippen LogP contribution in [-0.4, -0.2) is 18.4 Å². The van der Waals surface area contributed by atoms with Crippen LogP contribution in [0.15, 0.2) is 30.3 Å². The fourth-order valence-corrected chi connectivity index (χ4v) is 1.33. The number of benzene rings is 1. The summed E-state index contributed by atoms with van der Waals surface area (Å²) in [5.74, 6) is 0.753. The highest BCUT2D eigenvalue weighted by molar-refractivity contribution is 5.88. The van der Waals surface area contributed by atoms with Gasteiger partial charge in [-0.2, -0.15) is 0 Å². The van der Waals surface area contributed by atoms with Crippen molar-refractivity contribution in [3.05, 3.63) is 30.3 Å². The number of carbonyl (C=O) groups is 1. The van der Waals surface area contributed by atoms with Gasteiger partial charge in [0, 0.05) is 5.41 Å². The van der Waals surface area contributed by atoms with Gasteiger partial charge < -0.3 is 10.5 Å². The molecule has 0 aliphatic rings. The molecule has 1 aromatic carbocycles. The molecule has 88 valence electrons. The molecule has 0 aliphatic heterocycles. The minimum absolute atomic E-state index is 0.0171. The molecule has 0 fully saturated rings. The van der Waals surface area contributed by atoms with Gasteiger partial charge >= 0.3 is 0 Å². The van der Waals surface area contributed by atoms with Crippen molar-refractivity contribution in [2.24, 2.45) is 11.1 Å². The summed E-state index contributed by atoms with van der Waals surface area (Å²) in [7, 11) is 0. The Labute approximate surface area is 96.6 Å². The van der Waals surface area contributed by atoms with Crippen LogP contribution in [0.1, 0.15) is 20.8 Å². The van der Waals surface area contributed by atoms with E-state index in [4.69, 9.17) is 10.5 Å². The predicted octanol–water partition coefficient (Wildman–Crippen LogP) is 2.01. The first kappa shape index (κ1) is 12.7. The number of carbonyl (C=O) groups excluding carboxylic acids is 1. The molecule has 0 saturated carbocycles. The van der Waals surface area contributed by atoms with Gasteiger partial charge in [-0.15, -0.1) is 0 Å². The van der Waals surface area contributed by atoms with Crippen molar-refractivity contribution in [3.8, 4) is 5.75 Å². The maximum atomic E-state index is 11.8. The van der Waals surface area contributed by atoms with Crippen molar-refractivity contribution in [1.82, 2.24) is 0 Å². The van der Waals surface area contributed by atoms with Crippen LogP contribution in [0.25, 0.3) is 0 Å². The number of ether oxygens (including phenoxy) is 1. The number of Topliss-reactive ketones (excluding diaryl/α,β-unsaturated/α-hetero) is 1. The highest BCUT2D eigenvalue weighted by Gasteiger charge is 2.27. The molecule has 3 heteroatoms. The van der Waals surface area contributed by atoms with Crippen LogP contribution >= 0.6 is 0 Å². The zero-order valence-electron chi connectivity index (χ0n) is 10.1. The van der Waals surface area contributed by atoms with E-state index in [0.717, 1.165) is 5.75 Å². The zero-order chi connectivity index (χ0) is 12.2. The first-order valence-corrected chi connectivity index (χ1v) is 5.39. The molecular weight excluding hydrogens is 202 g/mol. The number of nitrogens with two attached hydrogens (primary N) is 1. The van der Waals surface area contributed by atoms with Crippen molar-refractivity contribution in [2.75, 3.05) is 6.61 Å². The molecule has 0 aromatic heterocycles. The quantitative estimate of drug-likeness (QED) is 0.846. The van der Waals surface area contributed by atoms with Crippen LogP contribution in [0.3, 0.4) is 0 Å². The Kier molecular flexibility index (Phi) is 4.07. The van der Waals surface area contributed by atoms with E-state index in [-0.39, 0.29) is 12.4 Å². The number of rotatable bonds is 4. The highest BCUT2D eigenvalue weighted by atomic mass is 16.5. The summed E-state index contributed by atoms with van der Waals surface area (Å²) in [5.41, 5.74) is 5.36. The first-order chi connectivity index (χ1) is 7.41. The van der Waals surface area contributed by atoms with Crippen LogP contribution in [0.4, 0.5) is 0 Å². The molecule has 0 unspecified atom stereocenters. The van der Waals surface area contributed by atoms with Gasteiger partial charge in [-0.1, -0.05) is 39.0 Å². The Morgan fingerprint density at radius 2 is 1.88 bits per heavy atom. The Bertz CT molecular complexity index is 341. The van der Waals surface area contributed by atoms with E-state index in [1.165, 1.54) is 0 Å². The van der Waals surface area contributed by atoms with E-state index in [2.05, 4.69) is 0 Å². The lowest BCUT2D eigenvalue weighted by Gasteiger charge is -2.21. The predicted molar refractivity (Wildman–Crippen MR) is 64.4 cm³/mol. The van der Waals surface area contributed by atoms with Crippen LogP contribution in [-0.2, 0) is 4.79 Å². The molecule has 0 radical (unpaired) electrons. The molecule has 0 bridgehead atoms. The molecule has 0 amide bonds. The van der Waals surface area contributed by atoms with Gasteiger partial charge in [-0.05, 0) is 12.1 Å². The topological polar surface area (TPSA) is 52.3 Å². The van der Waals surface area contributed by atoms with Gasteiger partial charge in [0.2, 0.25) is 0 Å². The molecule has 1 rings (SSSR count). The lowest BCUT2D eigenvalue weighted by atomic mass is 9.87. The van der Waals surface area contributed by atoms with Crippen molar-refractivity contribution in [1.29, 1.82) is 0 Å². The summed E-state index contributed by atoms with van der Waals surface area (Å²) < 4.78 is 5.44. The van der Waals surface area contributed by atoms with Crippen molar-refractivity contribution >= 4 is 5.78 Å². The maximum absolute atomic E-state index is 11.8. The Morgan fingerprint density at radius 3 is 2.38 bits per heavy atom. The molecule has 1 aromatic rings. The van der Waals surface area contributed by atoms with Crippen LogP contribution < -0.4 is 10.5 Å². The SMILES string of the molecule is CC(C)(C)C(=O)[C@@H](N)COc1ccccc1. The molecule has 1 atom stereocenters. The zero-order valence-corrected chi connectivity index (χ0v) is 10.1. The summed E-state index contributed by atoms with van der Waals surface area (Å²) in [6.45, 7) is 5.80. The largest absolute Gasteiger partial charge is 0.492 e. The summed E-state index contributed by atoms with van der Waals surface area (Å²) in [6, 6.07) is 8.79. The van der Waals surface area contributed by atoms with E-state index in [1.54, 1.807) is 0 Å². The average molecular weight is 221 g/mol. The van der Waals surface area contributed by atoms with Gasteiger partial charge in [0.1, 0.15) is 12.4 Å². The Hall–Kier alpha value is -1.35. The maximum Gasteiger partial charge on any atom is 0.158 e. The van der Waals surface area contributed by atoms with Crippen LogP contribution in [0.5, 0.6) is 5.75 Å². The molecule has 0 saturated heterocycles. The summed E-state index contributed by atoms with van der Waals surface area (Å²) >= 11 is 0. The van der Waals surface area contributed by atoms with Gasteiger partial charge in [0.05, 0.1) is 6.04 Å². The van der Waals surface area contributed by atoms with E-state index >= 15 is 0 Å². The highest BCUT2D eigenvalue weighted by Crippen LogP contribution is 2.17. The van der Waals surface area contributed by atoms with Crippen LogP contribution in [0, 0.1) is 5.41 Å². The number of hydrogen-bond donors (Lipinski definition) is 1. The molecule has 0 spiro atoms. The second-order valence-electron chi connectivity index (χ2n) is 4.84. The van der Waals surface area contributed by atoms with E-state index in [9.17, 15) is 4.79 Å². The van der Waals surface area contributed by atoms with E-state index in [0.29, 0.717) is 0 Å². The van der Waals surface area contributed by atoms with Crippen molar-refractivity contribution in [3.63, 3.8) is 0 Å². The van der Waals surface area contributed by atoms with E-state index in [1.807, 2.05) is 51.1 Å². The number of hydrogen-bond acceptors (Lipinski definition) is 3. The summed E-state index contributed by atoms with van der Waals surface area (Å²) in [5, 5.41) is 0. The Balaban J connectivity index is 2.48. The van der Waals surface area contributed by atoms with Gasteiger partial charge in [-0.25, -0.2) is 0 Å². The fraction of sp³-hybridized carbons (Fsp3) is 0.462. The van der Waals surface area contributed by atoms with Gasteiger partial charge in [-0.3, -0.25) is 4.79 Å². The van der Waals surface area contributed by atoms with Crippen LogP contribution in [0.2, 0.25) is 0 Å². The lowest BCUT2D eigenvalue weighted by molar-refractivity contribution is -0.128. The molecule has 2 N–H and O–H groups in total. The standard InChI is InChI=1S/C13H19NO2/c1-13(2,3)12(15)11(14)9-16-10-7-5-4-6-8-10/h4-8,11H,9,14H2,1-3H3/t11-/m0/s1. The average Bonchev–Trinajstić information content (AvgIpc) is 2.25.